The van der Waals surface area contributed by atoms with E-state index < -0.39 is 0 Å². The summed E-state index contributed by atoms with van der Waals surface area (Å²) in [6.07, 6.45) is 21.8. The first kappa shape index (κ1) is 25.3. The van der Waals surface area contributed by atoms with Crippen molar-refractivity contribution in [3.63, 3.8) is 0 Å². The highest BCUT2D eigenvalue weighted by Gasteiger charge is 1.99. The molecular weight excluding hydrogens is 363 g/mol. The van der Waals surface area contributed by atoms with Crippen LogP contribution in [0.5, 0.6) is 0 Å². The van der Waals surface area contributed by atoms with Crippen molar-refractivity contribution in [3.05, 3.63) is 35.6 Å². The number of benzene rings is 1. The maximum absolute atomic E-state index is 12.8. The SMILES string of the molecule is CCCCCCCCCCCCCCCCCC(=O)NN=Cc1ccc(F)cc1. The van der Waals surface area contributed by atoms with E-state index in [2.05, 4.69) is 17.5 Å². The molecule has 3 nitrogen and oxygen atoms in total. The first-order valence-corrected chi connectivity index (χ1v) is 11.8. The zero-order valence-corrected chi connectivity index (χ0v) is 18.4. The van der Waals surface area contributed by atoms with Gasteiger partial charge in [0.25, 0.3) is 0 Å². The van der Waals surface area contributed by atoms with Gasteiger partial charge in [0.15, 0.2) is 0 Å². The first-order chi connectivity index (χ1) is 14.2. The van der Waals surface area contributed by atoms with Crippen LogP contribution in [0.2, 0.25) is 0 Å². The maximum atomic E-state index is 12.8. The molecule has 0 aromatic heterocycles. The Morgan fingerprint density at radius 1 is 0.793 bits per heavy atom. The molecule has 0 spiro atoms. The van der Waals surface area contributed by atoms with E-state index in [0.717, 1.165) is 18.4 Å². The topological polar surface area (TPSA) is 41.5 Å². The Bertz CT molecular complexity index is 542. The molecule has 0 aliphatic carbocycles. The largest absolute Gasteiger partial charge is 0.273 e. The smallest absolute Gasteiger partial charge is 0.240 e. The lowest BCUT2D eigenvalue weighted by atomic mass is 10.0. The zero-order chi connectivity index (χ0) is 21.0. The number of carbonyl (C=O) groups is 1. The molecule has 0 heterocycles. The van der Waals surface area contributed by atoms with E-state index in [1.54, 1.807) is 12.1 Å². The third-order valence-corrected chi connectivity index (χ3v) is 5.28. The second-order valence-corrected chi connectivity index (χ2v) is 8.04. The number of nitrogens with one attached hydrogen (secondary N) is 1. The normalized spacial score (nSPS) is 11.2. The molecule has 164 valence electrons. The minimum absolute atomic E-state index is 0.0574. The van der Waals surface area contributed by atoms with Crippen molar-refractivity contribution in [2.75, 3.05) is 0 Å². The Kier molecular flexibility index (Phi) is 16.0. The fourth-order valence-corrected chi connectivity index (χ4v) is 3.44. The van der Waals surface area contributed by atoms with Crippen LogP contribution in [0.4, 0.5) is 4.39 Å². The molecule has 4 heteroatoms. The van der Waals surface area contributed by atoms with Crippen molar-refractivity contribution in [2.45, 2.75) is 110 Å². The van der Waals surface area contributed by atoms with Crippen molar-refractivity contribution in [1.29, 1.82) is 0 Å². The lowest BCUT2D eigenvalue weighted by Gasteiger charge is -2.03. The molecule has 0 saturated carbocycles. The third-order valence-electron chi connectivity index (χ3n) is 5.28. The van der Waals surface area contributed by atoms with E-state index in [1.807, 2.05) is 0 Å². The summed E-state index contributed by atoms with van der Waals surface area (Å²) < 4.78 is 12.8. The van der Waals surface area contributed by atoms with Crippen LogP contribution in [0.25, 0.3) is 0 Å². The van der Waals surface area contributed by atoms with Crippen LogP contribution in [0.1, 0.15) is 115 Å². The van der Waals surface area contributed by atoms with Gasteiger partial charge in [0.1, 0.15) is 5.82 Å². The summed E-state index contributed by atoms with van der Waals surface area (Å²) in [5.74, 6) is -0.336. The first-order valence-electron chi connectivity index (χ1n) is 11.8. The number of hydrogen-bond acceptors (Lipinski definition) is 2. The minimum Gasteiger partial charge on any atom is -0.273 e. The quantitative estimate of drug-likeness (QED) is 0.153. The molecular formula is C25H41FN2O. The van der Waals surface area contributed by atoms with Gasteiger partial charge in [-0.25, -0.2) is 9.82 Å². The van der Waals surface area contributed by atoms with Gasteiger partial charge in [0, 0.05) is 6.42 Å². The van der Waals surface area contributed by atoms with Crippen molar-refractivity contribution >= 4 is 12.1 Å². The predicted molar refractivity (Wildman–Crippen MR) is 122 cm³/mol. The average Bonchev–Trinajstić information content (AvgIpc) is 2.72. The molecule has 1 rings (SSSR count). The summed E-state index contributed by atoms with van der Waals surface area (Å²) in [5, 5.41) is 3.91. The standard InChI is InChI=1S/C25H41FN2O/c1-2-3-4-5-6-7-8-9-10-11-12-13-14-15-16-17-25(29)28-27-22-23-18-20-24(26)21-19-23/h18-22H,2-17H2,1H3,(H,28,29). The molecule has 0 aliphatic rings. The van der Waals surface area contributed by atoms with Crippen LogP contribution in [-0.2, 0) is 4.79 Å². The van der Waals surface area contributed by atoms with Gasteiger partial charge in [0.05, 0.1) is 6.21 Å². The van der Waals surface area contributed by atoms with E-state index >= 15 is 0 Å². The molecule has 1 N–H and O–H groups in total. The number of nitrogens with zero attached hydrogens (tertiary/aromatic N) is 1. The maximum Gasteiger partial charge on any atom is 0.240 e. The molecule has 0 saturated heterocycles. The molecule has 0 unspecified atom stereocenters. The van der Waals surface area contributed by atoms with Crippen LogP contribution >= 0.6 is 0 Å². The van der Waals surface area contributed by atoms with Gasteiger partial charge >= 0.3 is 0 Å². The van der Waals surface area contributed by atoms with Gasteiger partial charge < -0.3 is 0 Å². The number of amides is 1. The fraction of sp³-hybridized carbons (Fsp3) is 0.680. The molecule has 1 aromatic rings. The van der Waals surface area contributed by atoms with E-state index in [0.29, 0.717) is 6.42 Å². The van der Waals surface area contributed by atoms with Crippen LogP contribution in [-0.4, -0.2) is 12.1 Å². The molecule has 1 amide bonds. The fourth-order valence-electron chi connectivity index (χ4n) is 3.44. The number of hydrazone groups is 1. The Labute approximate surface area is 177 Å². The third kappa shape index (κ3) is 15.8. The van der Waals surface area contributed by atoms with Gasteiger partial charge in [-0.2, -0.15) is 5.10 Å². The zero-order valence-electron chi connectivity index (χ0n) is 18.4. The van der Waals surface area contributed by atoms with Crippen LogP contribution in [0.15, 0.2) is 29.4 Å². The summed E-state index contributed by atoms with van der Waals surface area (Å²) >= 11 is 0. The summed E-state index contributed by atoms with van der Waals surface area (Å²) in [6.45, 7) is 2.27. The van der Waals surface area contributed by atoms with Gasteiger partial charge in [-0.05, 0) is 24.1 Å². The molecule has 1 aromatic carbocycles. The molecule has 0 atom stereocenters. The highest BCUT2D eigenvalue weighted by atomic mass is 19.1. The summed E-state index contributed by atoms with van der Waals surface area (Å²) in [6, 6.07) is 6.00. The van der Waals surface area contributed by atoms with Crippen molar-refractivity contribution in [3.8, 4) is 0 Å². The molecule has 0 fully saturated rings. The van der Waals surface area contributed by atoms with Gasteiger partial charge in [-0.15, -0.1) is 0 Å². The van der Waals surface area contributed by atoms with Crippen LogP contribution in [0.3, 0.4) is 0 Å². The van der Waals surface area contributed by atoms with Gasteiger partial charge in [0.2, 0.25) is 5.91 Å². The Balaban J connectivity index is 1.83. The van der Waals surface area contributed by atoms with Crippen molar-refractivity contribution in [1.82, 2.24) is 5.43 Å². The molecule has 0 aliphatic heterocycles. The summed E-state index contributed by atoms with van der Waals surface area (Å²) in [7, 11) is 0. The molecule has 0 radical (unpaired) electrons. The highest BCUT2D eigenvalue weighted by Crippen LogP contribution is 2.13. The second-order valence-electron chi connectivity index (χ2n) is 8.04. The summed E-state index contributed by atoms with van der Waals surface area (Å²) in [4.78, 5) is 11.7. The predicted octanol–water partition coefficient (Wildman–Crippen LogP) is 7.54. The van der Waals surface area contributed by atoms with Crippen LogP contribution in [0, 0.1) is 5.82 Å². The number of unbranched alkanes of at least 4 members (excludes halogenated alkanes) is 14. The average molecular weight is 405 g/mol. The minimum atomic E-state index is -0.278. The lowest BCUT2D eigenvalue weighted by molar-refractivity contribution is -0.121. The Morgan fingerprint density at radius 2 is 1.24 bits per heavy atom. The lowest BCUT2D eigenvalue weighted by Crippen LogP contribution is -2.16. The van der Waals surface area contributed by atoms with Crippen LogP contribution < -0.4 is 5.43 Å². The number of hydrogen-bond donors (Lipinski definition) is 1. The van der Waals surface area contributed by atoms with E-state index in [1.165, 1.54) is 102 Å². The van der Waals surface area contributed by atoms with Crippen molar-refractivity contribution < 1.29 is 9.18 Å². The number of rotatable bonds is 18. The number of carbonyl (C=O) groups excluding carboxylic acids is 1. The van der Waals surface area contributed by atoms with Gasteiger partial charge in [-0.3, -0.25) is 4.79 Å². The second kappa shape index (κ2) is 18.3. The van der Waals surface area contributed by atoms with E-state index in [-0.39, 0.29) is 11.7 Å². The molecule has 29 heavy (non-hydrogen) atoms. The number of halogens is 1. The Morgan fingerprint density at radius 3 is 1.72 bits per heavy atom. The monoisotopic (exact) mass is 404 g/mol. The Hall–Kier alpha value is -1.71. The van der Waals surface area contributed by atoms with E-state index in [9.17, 15) is 9.18 Å². The summed E-state index contributed by atoms with van der Waals surface area (Å²) in [5.41, 5.74) is 3.29. The highest BCUT2D eigenvalue weighted by molar-refractivity contribution is 5.82. The van der Waals surface area contributed by atoms with E-state index in [4.69, 9.17) is 0 Å². The van der Waals surface area contributed by atoms with Gasteiger partial charge in [-0.1, -0.05) is 109 Å². The molecule has 0 bridgehead atoms. The van der Waals surface area contributed by atoms with Crippen molar-refractivity contribution in [2.24, 2.45) is 5.10 Å².